The molecule has 0 fully saturated rings. The third-order valence-electron chi connectivity index (χ3n) is 3.82. The summed E-state index contributed by atoms with van der Waals surface area (Å²) in [7, 11) is -8.36. The maximum atomic E-state index is 12.4. The van der Waals surface area contributed by atoms with E-state index in [1.165, 1.54) is 0 Å². The largest absolute Gasteiger partial charge is 0.437 e. The molecule has 0 aliphatic carbocycles. The first kappa shape index (κ1) is 29.4. The number of rotatable bonds is 13. The van der Waals surface area contributed by atoms with Gasteiger partial charge in [-0.3, -0.25) is 9.59 Å². The Hall–Kier alpha value is -0.572. The van der Waals surface area contributed by atoms with Crippen LogP contribution in [0.25, 0.3) is 0 Å². The Morgan fingerprint density at radius 3 is 1.83 bits per heavy atom. The van der Waals surface area contributed by atoms with Crippen molar-refractivity contribution < 1.29 is 21.9 Å². The van der Waals surface area contributed by atoms with Crippen LogP contribution in [0.5, 0.6) is 0 Å². The van der Waals surface area contributed by atoms with Gasteiger partial charge < -0.3 is 23.0 Å². The second-order valence-electron chi connectivity index (χ2n) is 10.7. The number of hydrogen-bond donors (Lipinski definition) is 2. The zero-order valence-corrected chi connectivity index (χ0v) is 24.9. The van der Waals surface area contributed by atoms with Gasteiger partial charge in [0.25, 0.3) is 0 Å². The Kier molecular flexibility index (Phi) is 10.6. The van der Waals surface area contributed by atoms with Gasteiger partial charge in [0.15, 0.2) is 16.6 Å². The van der Waals surface area contributed by atoms with Gasteiger partial charge in [0, 0.05) is 6.54 Å². The molecule has 0 spiro atoms. The summed E-state index contributed by atoms with van der Waals surface area (Å²) in [5.41, 5.74) is -1.00. The summed E-state index contributed by atoms with van der Waals surface area (Å²) in [6, 6.07) is 0.766. The van der Waals surface area contributed by atoms with E-state index in [9.17, 15) is 9.59 Å². The van der Waals surface area contributed by atoms with Gasteiger partial charge in [0.2, 0.25) is 11.8 Å². The van der Waals surface area contributed by atoms with E-state index in [-0.39, 0.29) is 11.8 Å². The van der Waals surface area contributed by atoms with Crippen LogP contribution in [0, 0.1) is 0 Å². The lowest BCUT2D eigenvalue weighted by atomic mass is 10.0. The lowest BCUT2D eigenvalue weighted by molar-refractivity contribution is -0.130. The van der Waals surface area contributed by atoms with E-state index in [1.54, 1.807) is 13.8 Å². The van der Waals surface area contributed by atoms with Crippen molar-refractivity contribution in [3.05, 3.63) is 12.7 Å². The first-order chi connectivity index (χ1) is 13.2. The molecular weight excluding hydrogens is 449 g/mol. The van der Waals surface area contributed by atoms with Crippen LogP contribution in [-0.2, 0) is 21.9 Å². The Morgan fingerprint density at radius 2 is 1.40 bits per heavy atom. The molecule has 0 rings (SSSR count). The van der Waals surface area contributed by atoms with Gasteiger partial charge >= 0.3 is 17.1 Å². The first-order valence-corrected chi connectivity index (χ1v) is 22.7. The van der Waals surface area contributed by atoms with Crippen LogP contribution in [0.1, 0.15) is 20.3 Å². The molecule has 11 heteroatoms. The fraction of sp³-hybridized carbons (Fsp3) is 0.789. The molecule has 0 aromatic rings. The molecule has 7 nitrogen and oxygen atoms in total. The normalized spacial score (nSPS) is 15.3. The third-order valence-corrected chi connectivity index (χ3v) is 17.4. The minimum atomic E-state index is -2.48. The highest BCUT2D eigenvalue weighted by atomic mass is 28.5. The minimum Gasteiger partial charge on any atom is -0.437 e. The summed E-state index contributed by atoms with van der Waals surface area (Å²) < 4.78 is 19.6. The van der Waals surface area contributed by atoms with Crippen LogP contribution in [0.15, 0.2) is 12.7 Å². The molecular formula is C19H44N2O5Si4. The van der Waals surface area contributed by atoms with Crippen molar-refractivity contribution in [2.45, 2.75) is 90.8 Å². The molecule has 0 heterocycles. The Morgan fingerprint density at radius 1 is 0.900 bits per heavy atom. The SMILES string of the molecule is C=CC(=O)NC(C)(C)C(=O)NCCC[Si](C)(O[Si](C)(C)C)O[Si](C)(C)O[Si](C)(C)C. The summed E-state index contributed by atoms with van der Waals surface area (Å²) in [5.74, 6) is -0.605. The van der Waals surface area contributed by atoms with Crippen LogP contribution in [0.3, 0.4) is 0 Å². The van der Waals surface area contributed by atoms with E-state index < -0.39 is 39.3 Å². The van der Waals surface area contributed by atoms with Gasteiger partial charge in [-0.15, -0.1) is 0 Å². The summed E-state index contributed by atoms with van der Waals surface area (Å²) in [5, 5.41) is 5.55. The quantitative estimate of drug-likeness (QED) is 0.230. The van der Waals surface area contributed by atoms with Crippen molar-refractivity contribution >= 4 is 45.6 Å². The van der Waals surface area contributed by atoms with Crippen LogP contribution in [0.2, 0.25) is 65.0 Å². The van der Waals surface area contributed by atoms with Gasteiger partial charge in [-0.05, 0) is 91.3 Å². The van der Waals surface area contributed by atoms with Crippen LogP contribution in [0.4, 0.5) is 0 Å². The lowest BCUT2D eigenvalue weighted by Crippen LogP contribution is -2.57. The van der Waals surface area contributed by atoms with Gasteiger partial charge in [-0.2, -0.15) is 0 Å². The van der Waals surface area contributed by atoms with Gasteiger partial charge in [0.05, 0.1) is 0 Å². The zero-order valence-electron chi connectivity index (χ0n) is 20.9. The Bertz CT molecular complexity index is 615. The smallest absolute Gasteiger partial charge is 0.315 e. The van der Waals surface area contributed by atoms with Crippen molar-refractivity contribution in [3.63, 3.8) is 0 Å². The standard InChI is InChI=1S/C19H44N2O5Si4/c1-13-17(22)21-19(2,3)18(23)20-15-14-16-30(12,25-28(7,8)9)26-29(10,11)24-27(4,5)6/h13H,1,14-16H2,2-12H3,(H,20,23)(H,21,22). The summed E-state index contributed by atoms with van der Waals surface area (Å²) in [6.07, 6.45) is 1.90. The van der Waals surface area contributed by atoms with Crippen molar-refractivity contribution in [2.24, 2.45) is 0 Å². The van der Waals surface area contributed by atoms with E-state index in [1.807, 2.05) is 0 Å². The summed E-state index contributed by atoms with van der Waals surface area (Å²) in [4.78, 5) is 24.0. The van der Waals surface area contributed by atoms with Crippen LogP contribution < -0.4 is 10.6 Å². The third kappa shape index (κ3) is 13.0. The first-order valence-electron chi connectivity index (χ1n) is 10.5. The van der Waals surface area contributed by atoms with Crippen LogP contribution in [-0.4, -0.2) is 57.7 Å². The summed E-state index contributed by atoms with van der Waals surface area (Å²) >= 11 is 0. The van der Waals surface area contributed by atoms with E-state index in [0.29, 0.717) is 6.54 Å². The molecule has 0 saturated carbocycles. The monoisotopic (exact) mass is 492 g/mol. The highest BCUT2D eigenvalue weighted by molar-refractivity contribution is 6.89. The average Bonchev–Trinajstić information content (AvgIpc) is 2.45. The fourth-order valence-electron chi connectivity index (χ4n) is 3.30. The zero-order chi connectivity index (χ0) is 24.0. The molecule has 176 valence electrons. The maximum Gasteiger partial charge on any atom is 0.315 e. The van der Waals surface area contributed by atoms with Crippen molar-refractivity contribution in [1.29, 1.82) is 0 Å². The summed E-state index contributed by atoms with van der Waals surface area (Å²) in [6.45, 7) is 26.6. The number of amides is 2. The molecule has 1 atom stereocenters. The molecule has 0 radical (unpaired) electrons. The molecule has 0 saturated heterocycles. The highest BCUT2D eigenvalue weighted by Crippen LogP contribution is 2.27. The minimum absolute atomic E-state index is 0.232. The van der Waals surface area contributed by atoms with E-state index in [2.05, 4.69) is 76.1 Å². The van der Waals surface area contributed by atoms with Crippen molar-refractivity contribution in [1.82, 2.24) is 10.6 Å². The molecule has 1 unspecified atom stereocenters. The molecule has 0 aromatic heterocycles. The van der Waals surface area contributed by atoms with E-state index in [0.717, 1.165) is 18.5 Å². The van der Waals surface area contributed by atoms with E-state index in [4.69, 9.17) is 12.3 Å². The second kappa shape index (κ2) is 10.8. The number of nitrogens with one attached hydrogen (secondary N) is 2. The molecule has 2 N–H and O–H groups in total. The molecule has 0 bridgehead atoms. The Labute approximate surface area is 188 Å². The number of hydrogen-bond acceptors (Lipinski definition) is 5. The number of carbonyl (C=O) groups excluding carboxylic acids is 2. The van der Waals surface area contributed by atoms with Gasteiger partial charge in [0.1, 0.15) is 5.54 Å². The average molecular weight is 493 g/mol. The predicted molar refractivity (Wildman–Crippen MR) is 134 cm³/mol. The molecule has 0 aromatic carbocycles. The predicted octanol–water partition coefficient (Wildman–Crippen LogP) is 4.07. The molecule has 0 aliphatic rings. The second-order valence-corrected chi connectivity index (χ2v) is 27.2. The van der Waals surface area contributed by atoms with Gasteiger partial charge in [-0.25, -0.2) is 0 Å². The van der Waals surface area contributed by atoms with Gasteiger partial charge in [-0.1, -0.05) is 6.58 Å². The Balaban J connectivity index is 5.02. The maximum absolute atomic E-state index is 12.4. The highest BCUT2D eigenvalue weighted by Gasteiger charge is 2.44. The number of carbonyl (C=O) groups is 2. The molecule has 30 heavy (non-hydrogen) atoms. The van der Waals surface area contributed by atoms with Crippen molar-refractivity contribution in [2.75, 3.05) is 6.54 Å². The lowest BCUT2D eigenvalue weighted by Gasteiger charge is -2.41. The van der Waals surface area contributed by atoms with Crippen LogP contribution >= 0.6 is 0 Å². The molecule has 0 aliphatic heterocycles. The fourth-order valence-corrected chi connectivity index (χ4v) is 21.3. The van der Waals surface area contributed by atoms with E-state index >= 15 is 0 Å². The van der Waals surface area contributed by atoms with Crippen molar-refractivity contribution in [3.8, 4) is 0 Å². The molecule has 2 amide bonds. The topological polar surface area (TPSA) is 85.9 Å².